The molecule has 1 fully saturated rings. The van der Waals surface area contributed by atoms with Crippen LogP contribution < -0.4 is 0 Å². The SMILES string of the molecule is Cc1ccc(C(=O)N2CCCC2c2ccc[nH]2)c(F)c1. The number of hydrogen-bond donors (Lipinski definition) is 1. The summed E-state index contributed by atoms with van der Waals surface area (Å²) in [7, 11) is 0. The molecule has 1 aromatic carbocycles. The average molecular weight is 272 g/mol. The summed E-state index contributed by atoms with van der Waals surface area (Å²) in [6.45, 7) is 2.49. The van der Waals surface area contributed by atoms with E-state index in [4.69, 9.17) is 0 Å². The lowest BCUT2D eigenvalue weighted by Gasteiger charge is -2.24. The highest BCUT2D eigenvalue weighted by Gasteiger charge is 2.32. The maximum absolute atomic E-state index is 14.0. The Kier molecular flexibility index (Phi) is 3.30. The molecular formula is C16H17FN2O. The number of rotatable bonds is 2. The second kappa shape index (κ2) is 5.12. The molecule has 0 bridgehead atoms. The third-order valence-corrected chi connectivity index (χ3v) is 3.85. The summed E-state index contributed by atoms with van der Waals surface area (Å²) in [6.07, 6.45) is 3.71. The Bertz CT molecular complexity index is 621. The number of amides is 1. The van der Waals surface area contributed by atoms with Gasteiger partial charge in [-0.1, -0.05) is 6.07 Å². The zero-order chi connectivity index (χ0) is 14.1. The second-order valence-corrected chi connectivity index (χ2v) is 5.27. The van der Waals surface area contributed by atoms with Gasteiger partial charge in [-0.15, -0.1) is 0 Å². The molecule has 0 saturated carbocycles. The monoisotopic (exact) mass is 272 g/mol. The quantitative estimate of drug-likeness (QED) is 0.893. The molecule has 20 heavy (non-hydrogen) atoms. The maximum Gasteiger partial charge on any atom is 0.257 e. The molecule has 4 heteroatoms. The van der Waals surface area contributed by atoms with Gasteiger partial charge in [-0.25, -0.2) is 4.39 Å². The van der Waals surface area contributed by atoms with Gasteiger partial charge in [0.2, 0.25) is 0 Å². The van der Waals surface area contributed by atoms with Crippen molar-refractivity contribution in [2.24, 2.45) is 0 Å². The number of aromatic nitrogens is 1. The van der Waals surface area contributed by atoms with Crippen molar-refractivity contribution in [1.82, 2.24) is 9.88 Å². The predicted octanol–water partition coefficient (Wildman–Crippen LogP) is 3.44. The van der Waals surface area contributed by atoms with E-state index < -0.39 is 5.82 Å². The predicted molar refractivity (Wildman–Crippen MR) is 74.9 cm³/mol. The van der Waals surface area contributed by atoms with Crippen molar-refractivity contribution in [2.45, 2.75) is 25.8 Å². The van der Waals surface area contributed by atoms with E-state index in [-0.39, 0.29) is 17.5 Å². The number of likely N-dealkylation sites (tertiary alicyclic amines) is 1. The summed E-state index contributed by atoms with van der Waals surface area (Å²) in [4.78, 5) is 17.5. The Morgan fingerprint density at radius 1 is 1.40 bits per heavy atom. The molecular weight excluding hydrogens is 255 g/mol. The van der Waals surface area contributed by atoms with E-state index in [1.54, 1.807) is 17.0 Å². The van der Waals surface area contributed by atoms with E-state index in [1.165, 1.54) is 6.07 Å². The zero-order valence-electron chi connectivity index (χ0n) is 11.4. The van der Waals surface area contributed by atoms with E-state index in [1.807, 2.05) is 25.3 Å². The Morgan fingerprint density at radius 3 is 2.95 bits per heavy atom. The van der Waals surface area contributed by atoms with Crippen LogP contribution in [-0.4, -0.2) is 22.3 Å². The highest BCUT2D eigenvalue weighted by molar-refractivity contribution is 5.95. The first kappa shape index (κ1) is 12.9. The van der Waals surface area contributed by atoms with Gasteiger partial charge in [0.15, 0.2) is 0 Å². The highest BCUT2D eigenvalue weighted by Crippen LogP contribution is 2.32. The number of carbonyl (C=O) groups is 1. The minimum Gasteiger partial charge on any atom is -0.363 e. The van der Waals surface area contributed by atoms with Gasteiger partial charge in [-0.3, -0.25) is 4.79 Å². The third kappa shape index (κ3) is 2.22. The van der Waals surface area contributed by atoms with Crippen LogP contribution in [0, 0.1) is 12.7 Å². The Hall–Kier alpha value is -2.10. The van der Waals surface area contributed by atoms with Crippen LogP contribution in [0.3, 0.4) is 0 Å². The van der Waals surface area contributed by atoms with Gasteiger partial charge in [-0.2, -0.15) is 0 Å². The van der Waals surface area contributed by atoms with E-state index in [2.05, 4.69) is 4.98 Å². The normalized spacial score (nSPS) is 18.5. The van der Waals surface area contributed by atoms with Gasteiger partial charge in [0.25, 0.3) is 5.91 Å². The van der Waals surface area contributed by atoms with Crippen LogP contribution in [0.1, 0.15) is 40.5 Å². The van der Waals surface area contributed by atoms with Crippen LogP contribution in [0.15, 0.2) is 36.5 Å². The van der Waals surface area contributed by atoms with Crippen LogP contribution in [0.2, 0.25) is 0 Å². The summed E-state index contributed by atoms with van der Waals surface area (Å²) in [5, 5.41) is 0. The number of benzene rings is 1. The molecule has 104 valence electrons. The maximum atomic E-state index is 14.0. The molecule has 1 aromatic heterocycles. The number of H-pyrrole nitrogens is 1. The van der Waals surface area contributed by atoms with Crippen molar-refractivity contribution in [3.05, 3.63) is 59.2 Å². The Labute approximate surface area is 117 Å². The molecule has 3 rings (SSSR count). The van der Waals surface area contributed by atoms with Gasteiger partial charge in [0.1, 0.15) is 5.82 Å². The van der Waals surface area contributed by atoms with E-state index in [0.29, 0.717) is 6.54 Å². The van der Waals surface area contributed by atoms with Gasteiger partial charge in [-0.05, 0) is 49.6 Å². The second-order valence-electron chi connectivity index (χ2n) is 5.27. The van der Waals surface area contributed by atoms with Gasteiger partial charge < -0.3 is 9.88 Å². The summed E-state index contributed by atoms with van der Waals surface area (Å²) in [5.41, 5.74) is 2.00. The molecule has 1 aliphatic heterocycles. The molecule has 1 atom stereocenters. The molecule has 0 spiro atoms. The smallest absolute Gasteiger partial charge is 0.257 e. The largest absolute Gasteiger partial charge is 0.363 e. The van der Waals surface area contributed by atoms with Crippen LogP contribution in [0.25, 0.3) is 0 Å². The van der Waals surface area contributed by atoms with Crippen molar-refractivity contribution in [3.8, 4) is 0 Å². The number of halogens is 1. The van der Waals surface area contributed by atoms with Crippen molar-refractivity contribution >= 4 is 5.91 Å². The van der Waals surface area contributed by atoms with Crippen molar-refractivity contribution in [3.63, 3.8) is 0 Å². The summed E-state index contributed by atoms with van der Waals surface area (Å²) in [6, 6.07) is 8.68. The van der Waals surface area contributed by atoms with Crippen LogP contribution >= 0.6 is 0 Å². The lowest BCUT2D eigenvalue weighted by molar-refractivity contribution is 0.0728. The molecule has 1 N–H and O–H groups in total. The van der Waals surface area contributed by atoms with Crippen molar-refractivity contribution < 1.29 is 9.18 Å². The molecule has 1 amide bonds. The minimum absolute atomic E-state index is 0.0261. The summed E-state index contributed by atoms with van der Waals surface area (Å²) < 4.78 is 14.0. The van der Waals surface area contributed by atoms with Crippen LogP contribution in [0.4, 0.5) is 4.39 Å². The first-order valence-electron chi connectivity index (χ1n) is 6.87. The number of aryl methyl sites for hydroxylation is 1. The number of nitrogens with zero attached hydrogens (tertiary/aromatic N) is 1. The van der Waals surface area contributed by atoms with Crippen LogP contribution in [0.5, 0.6) is 0 Å². The molecule has 2 heterocycles. The summed E-state index contributed by atoms with van der Waals surface area (Å²) >= 11 is 0. The standard InChI is InChI=1S/C16H17FN2O/c1-11-6-7-12(13(17)10-11)16(20)19-9-3-5-15(19)14-4-2-8-18-14/h2,4,6-8,10,15,18H,3,5,9H2,1H3. The fourth-order valence-electron chi connectivity index (χ4n) is 2.83. The Morgan fingerprint density at radius 2 is 2.25 bits per heavy atom. The summed E-state index contributed by atoms with van der Waals surface area (Å²) in [5.74, 6) is -0.660. The topological polar surface area (TPSA) is 36.1 Å². The Balaban J connectivity index is 1.89. The first-order chi connectivity index (χ1) is 9.66. The molecule has 1 aliphatic rings. The van der Waals surface area contributed by atoms with E-state index in [0.717, 1.165) is 24.1 Å². The van der Waals surface area contributed by atoms with Gasteiger partial charge in [0, 0.05) is 18.4 Å². The minimum atomic E-state index is -0.438. The van der Waals surface area contributed by atoms with Gasteiger partial charge >= 0.3 is 0 Å². The fourth-order valence-corrected chi connectivity index (χ4v) is 2.83. The van der Waals surface area contributed by atoms with E-state index in [9.17, 15) is 9.18 Å². The lowest BCUT2D eigenvalue weighted by atomic mass is 10.1. The number of aromatic amines is 1. The number of hydrogen-bond acceptors (Lipinski definition) is 1. The average Bonchev–Trinajstić information content (AvgIpc) is 3.09. The van der Waals surface area contributed by atoms with Crippen LogP contribution in [-0.2, 0) is 0 Å². The zero-order valence-corrected chi connectivity index (χ0v) is 11.4. The fraction of sp³-hybridized carbons (Fsp3) is 0.312. The molecule has 0 aliphatic carbocycles. The van der Waals surface area contributed by atoms with Gasteiger partial charge in [0.05, 0.1) is 11.6 Å². The molecule has 2 aromatic rings. The molecule has 3 nitrogen and oxygen atoms in total. The number of nitrogens with one attached hydrogen (secondary N) is 1. The molecule has 0 radical (unpaired) electrons. The molecule has 1 unspecified atom stereocenters. The third-order valence-electron chi connectivity index (χ3n) is 3.85. The van der Waals surface area contributed by atoms with E-state index >= 15 is 0 Å². The highest BCUT2D eigenvalue weighted by atomic mass is 19.1. The first-order valence-corrected chi connectivity index (χ1v) is 6.87. The lowest BCUT2D eigenvalue weighted by Crippen LogP contribution is -2.31. The van der Waals surface area contributed by atoms with Crippen molar-refractivity contribution in [2.75, 3.05) is 6.54 Å². The van der Waals surface area contributed by atoms with Crippen molar-refractivity contribution in [1.29, 1.82) is 0 Å². The number of carbonyl (C=O) groups excluding carboxylic acids is 1. The molecule has 1 saturated heterocycles.